The minimum absolute atomic E-state index is 0.575. The number of hydrogen-bond donors (Lipinski definition) is 0. The highest BCUT2D eigenvalue weighted by Crippen LogP contribution is 2.13. The molecule has 0 radical (unpaired) electrons. The maximum Gasteiger partial charge on any atom is 0.0843 e. The predicted octanol–water partition coefficient (Wildman–Crippen LogP) is 2.67. The number of nitrogens with zero attached hydrogens (tertiary/aromatic N) is 3. The number of aromatic nitrogens is 3. The van der Waals surface area contributed by atoms with Crippen LogP contribution in [-0.2, 0) is 6.42 Å². The topological polar surface area (TPSA) is 30.7 Å². The van der Waals surface area contributed by atoms with Gasteiger partial charge in [0.1, 0.15) is 0 Å². The Morgan fingerprint density at radius 2 is 2.06 bits per heavy atom. The van der Waals surface area contributed by atoms with Gasteiger partial charge in [-0.25, -0.2) is 4.68 Å². The van der Waals surface area contributed by atoms with E-state index in [1.807, 2.05) is 12.3 Å². The van der Waals surface area contributed by atoms with Gasteiger partial charge in [0.05, 0.1) is 17.6 Å². The molecule has 1 aromatic carbocycles. The van der Waals surface area contributed by atoms with Crippen molar-refractivity contribution >= 4 is 11.6 Å². The first-order chi connectivity index (χ1) is 7.70. The van der Waals surface area contributed by atoms with Crippen LogP contribution in [0.3, 0.4) is 0 Å². The molecule has 0 bridgehead atoms. The van der Waals surface area contributed by atoms with Gasteiger partial charge in [0, 0.05) is 12.3 Å². The maximum atomic E-state index is 5.66. The van der Waals surface area contributed by atoms with E-state index in [0.717, 1.165) is 17.8 Å². The predicted molar refractivity (Wildman–Crippen MR) is 65.3 cm³/mol. The second kappa shape index (κ2) is 4.66. The van der Waals surface area contributed by atoms with Crippen molar-refractivity contribution in [2.24, 2.45) is 0 Å². The molecule has 4 heteroatoms. The molecule has 0 spiro atoms. The highest BCUT2D eigenvalue weighted by atomic mass is 35.5. The van der Waals surface area contributed by atoms with E-state index in [1.165, 1.54) is 11.1 Å². The zero-order valence-electron chi connectivity index (χ0n) is 9.44. The fraction of sp³-hybridized carbons (Fsp3) is 0.333. The molecule has 16 heavy (non-hydrogen) atoms. The average Bonchev–Trinajstić information content (AvgIpc) is 2.71. The Morgan fingerprint density at radius 1 is 1.25 bits per heavy atom. The molecule has 0 aliphatic rings. The average molecular weight is 236 g/mol. The first-order valence-electron chi connectivity index (χ1n) is 5.25. The van der Waals surface area contributed by atoms with Crippen LogP contribution in [0.1, 0.15) is 16.8 Å². The molecular formula is C12H14ClN3. The molecule has 2 rings (SSSR count). The lowest BCUT2D eigenvalue weighted by molar-refractivity contribution is 0.797. The van der Waals surface area contributed by atoms with Crippen LogP contribution < -0.4 is 0 Å². The fourth-order valence-electron chi connectivity index (χ4n) is 1.50. The van der Waals surface area contributed by atoms with E-state index in [9.17, 15) is 0 Å². The Hall–Kier alpha value is -1.35. The van der Waals surface area contributed by atoms with Crippen molar-refractivity contribution in [3.63, 3.8) is 0 Å². The number of benzene rings is 1. The first-order valence-corrected chi connectivity index (χ1v) is 5.79. The lowest BCUT2D eigenvalue weighted by Crippen LogP contribution is -1.96. The van der Waals surface area contributed by atoms with E-state index in [2.05, 4.69) is 36.3 Å². The highest BCUT2D eigenvalue weighted by Gasteiger charge is 2.03. The molecule has 1 aromatic heterocycles. The number of rotatable bonds is 3. The SMILES string of the molecule is Cc1ccc(-n2cc(CCCl)nn2)cc1C. The molecule has 0 N–H and O–H groups in total. The smallest absolute Gasteiger partial charge is 0.0843 e. The highest BCUT2D eigenvalue weighted by molar-refractivity contribution is 6.17. The van der Waals surface area contributed by atoms with Gasteiger partial charge >= 0.3 is 0 Å². The monoisotopic (exact) mass is 235 g/mol. The lowest BCUT2D eigenvalue weighted by Gasteiger charge is -2.03. The van der Waals surface area contributed by atoms with Crippen molar-refractivity contribution in [2.45, 2.75) is 20.3 Å². The molecule has 0 fully saturated rings. The van der Waals surface area contributed by atoms with E-state index >= 15 is 0 Å². The molecular weight excluding hydrogens is 222 g/mol. The standard InChI is InChI=1S/C12H14ClN3/c1-9-3-4-12(7-10(9)2)16-8-11(5-6-13)14-15-16/h3-4,7-8H,5-6H2,1-2H3. The van der Waals surface area contributed by atoms with E-state index in [-0.39, 0.29) is 0 Å². The number of aryl methyl sites for hydroxylation is 3. The van der Waals surface area contributed by atoms with Gasteiger partial charge in [-0.1, -0.05) is 11.3 Å². The molecule has 0 unspecified atom stereocenters. The Kier molecular flexibility index (Phi) is 3.25. The third kappa shape index (κ3) is 2.25. The molecule has 0 atom stereocenters. The van der Waals surface area contributed by atoms with E-state index in [0.29, 0.717) is 5.88 Å². The number of hydrogen-bond acceptors (Lipinski definition) is 2. The summed E-state index contributed by atoms with van der Waals surface area (Å²) in [6.45, 7) is 4.19. The third-order valence-corrected chi connectivity index (χ3v) is 2.84. The Bertz CT molecular complexity index is 491. The maximum absolute atomic E-state index is 5.66. The Labute approximate surface area is 100 Å². The van der Waals surface area contributed by atoms with Crippen LogP contribution in [0.5, 0.6) is 0 Å². The molecule has 1 heterocycles. The minimum atomic E-state index is 0.575. The minimum Gasteiger partial charge on any atom is -0.220 e. The third-order valence-electron chi connectivity index (χ3n) is 2.65. The molecule has 2 aromatic rings. The van der Waals surface area contributed by atoms with Crippen molar-refractivity contribution in [2.75, 3.05) is 5.88 Å². The van der Waals surface area contributed by atoms with Gasteiger partial charge in [-0.15, -0.1) is 16.7 Å². The van der Waals surface area contributed by atoms with Crippen LogP contribution in [0.4, 0.5) is 0 Å². The molecule has 3 nitrogen and oxygen atoms in total. The van der Waals surface area contributed by atoms with Crippen molar-refractivity contribution < 1.29 is 0 Å². The van der Waals surface area contributed by atoms with Crippen molar-refractivity contribution in [3.05, 3.63) is 41.2 Å². The van der Waals surface area contributed by atoms with Gasteiger partial charge in [-0.3, -0.25) is 0 Å². The van der Waals surface area contributed by atoms with Crippen LogP contribution in [0, 0.1) is 13.8 Å². The van der Waals surface area contributed by atoms with Crippen molar-refractivity contribution in [1.82, 2.24) is 15.0 Å². The van der Waals surface area contributed by atoms with Crippen LogP contribution in [-0.4, -0.2) is 20.9 Å². The summed E-state index contributed by atoms with van der Waals surface area (Å²) in [6.07, 6.45) is 2.68. The van der Waals surface area contributed by atoms with Gasteiger partial charge in [0.15, 0.2) is 0 Å². The van der Waals surface area contributed by atoms with Crippen LogP contribution in [0.25, 0.3) is 5.69 Å². The first kappa shape index (κ1) is 11.1. The van der Waals surface area contributed by atoms with Crippen molar-refractivity contribution in [3.8, 4) is 5.69 Å². The summed E-state index contributed by atoms with van der Waals surface area (Å²) in [5.41, 5.74) is 4.50. The van der Waals surface area contributed by atoms with Crippen LogP contribution in [0.2, 0.25) is 0 Å². The van der Waals surface area contributed by atoms with Gasteiger partial charge in [0.25, 0.3) is 0 Å². The van der Waals surface area contributed by atoms with E-state index < -0.39 is 0 Å². The van der Waals surface area contributed by atoms with Crippen LogP contribution in [0.15, 0.2) is 24.4 Å². The van der Waals surface area contributed by atoms with E-state index in [4.69, 9.17) is 11.6 Å². The van der Waals surface area contributed by atoms with Gasteiger partial charge in [0.2, 0.25) is 0 Å². The van der Waals surface area contributed by atoms with Gasteiger partial charge < -0.3 is 0 Å². The second-order valence-corrected chi connectivity index (χ2v) is 4.24. The Balaban J connectivity index is 2.31. The summed E-state index contributed by atoms with van der Waals surface area (Å²) in [5, 5.41) is 8.15. The fourth-order valence-corrected chi connectivity index (χ4v) is 1.70. The van der Waals surface area contributed by atoms with Gasteiger partial charge in [-0.2, -0.15) is 0 Å². The summed E-state index contributed by atoms with van der Waals surface area (Å²) < 4.78 is 1.79. The molecule has 0 amide bonds. The summed E-state index contributed by atoms with van der Waals surface area (Å²) >= 11 is 5.66. The van der Waals surface area contributed by atoms with Crippen LogP contribution >= 0.6 is 11.6 Å². The number of halogens is 1. The normalized spacial score (nSPS) is 10.7. The zero-order valence-corrected chi connectivity index (χ0v) is 10.2. The summed E-state index contributed by atoms with van der Waals surface area (Å²) in [5.74, 6) is 0.575. The van der Waals surface area contributed by atoms with E-state index in [1.54, 1.807) is 4.68 Å². The summed E-state index contributed by atoms with van der Waals surface area (Å²) in [7, 11) is 0. The molecule has 0 saturated heterocycles. The molecule has 0 aliphatic heterocycles. The molecule has 0 aliphatic carbocycles. The zero-order chi connectivity index (χ0) is 11.5. The lowest BCUT2D eigenvalue weighted by atomic mass is 10.1. The quantitative estimate of drug-likeness (QED) is 0.766. The summed E-state index contributed by atoms with van der Waals surface area (Å²) in [6, 6.07) is 6.24. The summed E-state index contributed by atoms with van der Waals surface area (Å²) in [4.78, 5) is 0. The van der Waals surface area contributed by atoms with Crippen molar-refractivity contribution in [1.29, 1.82) is 0 Å². The molecule has 0 saturated carbocycles. The molecule has 84 valence electrons. The second-order valence-electron chi connectivity index (χ2n) is 3.86. The number of alkyl halides is 1. The largest absolute Gasteiger partial charge is 0.220 e. The Morgan fingerprint density at radius 3 is 2.75 bits per heavy atom. The van der Waals surface area contributed by atoms with Gasteiger partial charge in [-0.05, 0) is 37.1 Å².